The van der Waals surface area contributed by atoms with Gasteiger partial charge in [-0.2, -0.15) is 0 Å². The molecule has 4 rings (SSSR count). The van der Waals surface area contributed by atoms with Crippen LogP contribution in [0.2, 0.25) is 0 Å². The highest BCUT2D eigenvalue weighted by molar-refractivity contribution is 5.93. The summed E-state index contributed by atoms with van der Waals surface area (Å²) < 4.78 is 12.0. The summed E-state index contributed by atoms with van der Waals surface area (Å²) in [5.74, 6) is 7.48. The standard InChI is InChI=1S/C28H34O4/c1-5-7-25(30)28(3)17-32-27(18-8-12-21(31-4)13-9-18)26-22-15-11-20(29)16-19(22)10-14-23(26)24(28)6-2/h8-9,12-13,16,23-25,27,30H,6,10-11,14-15,17H2,1-4H3/t23?,24?,25-,27+,28?/m1/s1. The van der Waals surface area contributed by atoms with Crippen LogP contribution in [0, 0.1) is 29.1 Å². The third kappa shape index (κ3) is 3.93. The summed E-state index contributed by atoms with van der Waals surface area (Å²) in [4.78, 5) is 12.2. The summed E-state index contributed by atoms with van der Waals surface area (Å²) in [6.45, 7) is 6.55. The number of fused-ring (bicyclic) bond motifs is 2. The van der Waals surface area contributed by atoms with Crippen LogP contribution in [0.15, 0.2) is 47.1 Å². The van der Waals surface area contributed by atoms with E-state index in [-0.39, 0.29) is 23.7 Å². The lowest BCUT2D eigenvalue weighted by atomic mass is 9.60. The predicted octanol–water partition coefficient (Wildman–Crippen LogP) is 5.18. The van der Waals surface area contributed by atoms with Crippen molar-refractivity contribution in [3.8, 4) is 17.6 Å². The second-order valence-corrected chi connectivity index (χ2v) is 9.50. The largest absolute Gasteiger partial charge is 0.497 e. The third-order valence-corrected chi connectivity index (χ3v) is 7.76. The summed E-state index contributed by atoms with van der Waals surface area (Å²) in [6.07, 6.45) is 5.06. The van der Waals surface area contributed by atoms with E-state index in [1.54, 1.807) is 14.0 Å². The van der Waals surface area contributed by atoms with E-state index in [4.69, 9.17) is 9.47 Å². The SMILES string of the molecule is CC#C[C@@H](O)C1(C)CO[C@@H](c2ccc(OC)cc2)C2=C3CCC(=O)C=C3CCC2C1CC. The number of aliphatic hydroxyl groups excluding tert-OH is 1. The molecule has 32 heavy (non-hydrogen) atoms. The molecule has 170 valence electrons. The zero-order valence-corrected chi connectivity index (χ0v) is 19.6. The van der Waals surface area contributed by atoms with Gasteiger partial charge in [-0.25, -0.2) is 0 Å². The van der Waals surface area contributed by atoms with Crippen LogP contribution in [0.4, 0.5) is 0 Å². The summed E-state index contributed by atoms with van der Waals surface area (Å²) in [5, 5.41) is 11.1. The van der Waals surface area contributed by atoms with Crippen molar-refractivity contribution in [3.05, 3.63) is 52.6 Å². The number of allylic oxidation sites excluding steroid dienone is 3. The monoisotopic (exact) mass is 434 g/mol. The Morgan fingerprint density at radius 1 is 1.25 bits per heavy atom. The highest BCUT2D eigenvalue weighted by atomic mass is 16.5. The van der Waals surface area contributed by atoms with Gasteiger partial charge < -0.3 is 14.6 Å². The Morgan fingerprint density at radius 2 is 2.00 bits per heavy atom. The number of hydrogen-bond acceptors (Lipinski definition) is 4. The van der Waals surface area contributed by atoms with Crippen molar-refractivity contribution in [3.63, 3.8) is 0 Å². The number of carbonyl (C=O) groups is 1. The molecule has 4 heteroatoms. The number of aliphatic hydroxyl groups is 1. The van der Waals surface area contributed by atoms with E-state index >= 15 is 0 Å². The van der Waals surface area contributed by atoms with Crippen molar-refractivity contribution in [2.75, 3.05) is 13.7 Å². The number of methoxy groups -OCH3 is 1. The van der Waals surface area contributed by atoms with Gasteiger partial charge in [0.1, 0.15) is 18.0 Å². The van der Waals surface area contributed by atoms with E-state index in [0.717, 1.165) is 37.0 Å². The maximum atomic E-state index is 12.2. The lowest BCUT2D eigenvalue weighted by Crippen LogP contribution is -2.44. The molecule has 3 unspecified atom stereocenters. The quantitative estimate of drug-likeness (QED) is 0.664. The van der Waals surface area contributed by atoms with Crippen molar-refractivity contribution in [1.29, 1.82) is 0 Å². The molecule has 0 saturated carbocycles. The van der Waals surface area contributed by atoms with Gasteiger partial charge in [0.25, 0.3) is 0 Å². The lowest BCUT2D eigenvalue weighted by Gasteiger charge is -2.43. The Kier molecular flexibility index (Phi) is 6.60. The minimum Gasteiger partial charge on any atom is -0.497 e. The van der Waals surface area contributed by atoms with Crippen molar-refractivity contribution in [1.82, 2.24) is 0 Å². The van der Waals surface area contributed by atoms with Crippen molar-refractivity contribution in [2.24, 2.45) is 17.3 Å². The van der Waals surface area contributed by atoms with Crippen molar-refractivity contribution >= 4 is 5.78 Å². The highest BCUT2D eigenvalue weighted by Crippen LogP contribution is 2.55. The summed E-state index contributed by atoms with van der Waals surface area (Å²) >= 11 is 0. The van der Waals surface area contributed by atoms with E-state index < -0.39 is 11.5 Å². The highest BCUT2D eigenvalue weighted by Gasteiger charge is 2.50. The van der Waals surface area contributed by atoms with Crippen LogP contribution in [0.5, 0.6) is 5.75 Å². The maximum absolute atomic E-state index is 12.2. The van der Waals surface area contributed by atoms with Crippen LogP contribution >= 0.6 is 0 Å². The van der Waals surface area contributed by atoms with Gasteiger partial charge in [0, 0.05) is 11.8 Å². The first-order valence-corrected chi connectivity index (χ1v) is 11.8. The fraction of sp³-hybridized carbons (Fsp3) is 0.536. The average molecular weight is 435 g/mol. The number of ketones is 1. The number of rotatable bonds is 4. The number of ether oxygens (including phenoxy) is 2. The van der Waals surface area contributed by atoms with Gasteiger partial charge in [0.2, 0.25) is 0 Å². The fourth-order valence-electron chi connectivity index (χ4n) is 6.08. The molecule has 5 atom stereocenters. The average Bonchev–Trinajstić information content (AvgIpc) is 2.93. The first kappa shape index (κ1) is 22.8. The third-order valence-electron chi connectivity index (χ3n) is 7.76. The molecule has 1 aromatic rings. The van der Waals surface area contributed by atoms with Gasteiger partial charge in [0.05, 0.1) is 13.7 Å². The number of benzene rings is 1. The first-order chi connectivity index (χ1) is 15.4. The molecule has 1 N–H and O–H groups in total. The van der Waals surface area contributed by atoms with Crippen molar-refractivity contribution in [2.45, 2.75) is 65.1 Å². The Balaban J connectivity index is 1.88. The van der Waals surface area contributed by atoms with E-state index in [0.29, 0.717) is 13.0 Å². The fourth-order valence-corrected chi connectivity index (χ4v) is 6.08. The van der Waals surface area contributed by atoms with E-state index in [1.165, 1.54) is 16.7 Å². The van der Waals surface area contributed by atoms with Crippen LogP contribution in [-0.2, 0) is 9.53 Å². The predicted molar refractivity (Wildman–Crippen MR) is 125 cm³/mol. The maximum Gasteiger partial charge on any atom is 0.156 e. The summed E-state index contributed by atoms with van der Waals surface area (Å²) in [5.41, 5.74) is 4.42. The molecule has 3 aliphatic rings. The molecule has 1 saturated heterocycles. The molecule has 0 spiro atoms. The summed E-state index contributed by atoms with van der Waals surface area (Å²) in [6, 6.07) is 8.10. The zero-order valence-electron chi connectivity index (χ0n) is 19.6. The van der Waals surface area contributed by atoms with E-state index in [1.807, 2.05) is 18.2 Å². The molecular weight excluding hydrogens is 400 g/mol. The first-order valence-electron chi connectivity index (χ1n) is 11.8. The molecule has 1 aromatic carbocycles. The van der Waals surface area contributed by atoms with Gasteiger partial charge in [-0.1, -0.05) is 38.3 Å². The number of hydrogen-bond donors (Lipinski definition) is 1. The zero-order chi connectivity index (χ0) is 22.9. The molecule has 2 aliphatic carbocycles. The van der Waals surface area contributed by atoms with Crippen LogP contribution in [0.25, 0.3) is 0 Å². The minimum atomic E-state index is -0.747. The second kappa shape index (κ2) is 9.25. The molecule has 1 aliphatic heterocycles. The lowest BCUT2D eigenvalue weighted by molar-refractivity contribution is -0.114. The van der Waals surface area contributed by atoms with Crippen LogP contribution in [0.3, 0.4) is 0 Å². The van der Waals surface area contributed by atoms with Crippen LogP contribution in [-0.4, -0.2) is 30.7 Å². The van der Waals surface area contributed by atoms with E-state index in [9.17, 15) is 9.90 Å². The van der Waals surface area contributed by atoms with Crippen molar-refractivity contribution < 1.29 is 19.4 Å². The van der Waals surface area contributed by atoms with Gasteiger partial charge in [-0.3, -0.25) is 4.79 Å². The number of carbonyl (C=O) groups excluding carboxylic acids is 1. The molecule has 0 bridgehead atoms. The van der Waals surface area contributed by atoms with E-state index in [2.05, 4.69) is 37.8 Å². The Bertz CT molecular complexity index is 990. The second-order valence-electron chi connectivity index (χ2n) is 9.50. The summed E-state index contributed by atoms with van der Waals surface area (Å²) in [7, 11) is 1.67. The Morgan fingerprint density at radius 3 is 2.66 bits per heavy atom. The Hall–Kier alpha value is -2.35. The topological polar surface area (TPSA) is 55.8 Å². The van der Waals surface area contributed by atoms with Crippen LogP contribution < -0.4 is 4.74 Å². The molecule has 1 fully saturated rings. The molecule has 4 nitrogen and oxygen atoms in total. The molecule has 0 radical (unpaired) electrons. The minimum absolute atomic E-state index is 0.199. The molecule has 0 aromatic heterocycles. The normalized spacial score (nSPS) is 30.8. The van der Waals surface area contributed by atoms with Gasteiger partial charge in [-0.05, 0) is 78.5 Å². The smallest absolute Gasteiger partial charge is 0.156 e. The Labute approximate surface area is 191 Å². The van der Waals surface area contributed by atoms with Gasteiger partial charge in [0.15, 0.2) is 5.78 Å². The molecule has 1 heterocycles. The molecule has 0 amide bonds. The van der Waals surface area contributed by atoms with Crippen LogP contribution in [0.1, 0.15) is 64.5 Å². The van der Waals surface area contributed by atoms with Gasteiger partial charge in [-0.15, -0.1) is 5.92 Å². The molecular formula is C28H34O4. The van der Waals surface area contributed by atoms with Gasteiger partial charge >= 0.3 is 0 Å².